The zero-order valence-electron chi connectivity index (χ0n) is 33.2. The van der Waals surface area contributed by atoms with E-state index in [0.717, 1.165) is 24.3 Å². The lowest BCUT2D eigenvalue weighted by Gasteiger charge is -2.13. The fourth-order valence-corrected chi connectivity index (χ4v) is 5.66. The molecule has 0 bridgehead atoms. The lowest BCUT2D eigenvalue weighted by atomic mass is 10.2. The van der Waals surface area contributed by atoms with Crippen molar-refractivity contribution in [3.63, 3.8) is 0 Å². The van der Waals surface area contributed by atoms with E-state index < -0.39 is 57.3 Å². The molecule has 0 saturated carbocycles. The van der Waals surface area contributed by atoms with Crippen LogP contribution in [0.25, 0.3) is 0 Å². The van der Waals surface area contributed by atoms with Gasteiger partial charge in [-0.2, -0.15) is 26.3 Å². The number of carbonyl (C=O) groups excluding carboxylic acids is 4. The normalized spacial score (nSPS) is 10.9. The summed E-state index contributed by atoms with van der Waals surface area (Å²) in [6.45, 7) is 0. The maximum Gasteiger partial charge on any atom is 0.417 e. The van der Waals surface area contributed by atoms with Gasteiger partial charge in [-0.05, 0) is 84.9 Å². The summed E-state index contributed by atoms with van der Waals surface area (Å²) in [7, 11) is 2.93. The van der Waals surface area contributed by atoms with Gasteiger partial charge in [0.05, 0.1) is 26.9 Å². The lowest BCUT2D eigenvalue weighted by Crippen LogP contribution is -2.20. The van der Waals surface area contributed by atoms with Crippen LogP contribution in [0.5, 0.6) is 23.0 Å². The van der Waals surface area contributed by atoms with E-state index in [4.69, 9.17) is 32.7 Å². The van der Waals surface area contributed by atoms with Gasteiger partial charge in [0.25, 0.3) is 11.8 Å². The fourth-order valence-electron chi connectivity index (χ4n) is 5.21. The van der Waals surface area contributed by atoms with Gasteiger partial charge in [-0.3, -0.25) is 19.6 Å². The Balaban J connectivity index is 0.000000244. The molecule has 0 unspecified atom stereocenters. The fraction of sp³-hybridized carbons (Fsp3) is 0.0952. The van der Waals surface area contributed by atoms with Crippen LogP contribution in [0.15, 0.2) is 116 Å². The number of pyridine rings is 2. The maximum atomic E-state index is 14.4. The number of hydrogen-bond acceptors (Lipinski definition) is 8. The predicted octanol–water partition coefficient (Wildman–Crippen LogP) is 11.2. The Kier molecular flexibility index (Phi) is 15.7. The van der Waals surface area contributed by atoms with E-state index in [1.54, 1.807) is 30.3 Å². The molecule has 0 saturated heterocycles. The standard InChI is InChI=1S/C21H15ClF4N4O3.C21H16ClF3N4O3/c1-27-19(31)18-10-13(6-7-28-18)33-12-3-5-17(16(23)9-12)30-20(32)29-11-2-4-15(22)14(8-11)21(24,25)26;1-26-19(30)18-11-15(8-9-27-18)32-14-5-2-12(3-6-14)28-20(31)29-13-4-7-17(22)16(10-13)21(23,24)25/h2-10H,1H3,(H,27,31)(H2,29,30,32);2-11H,1H3,(H,26,30)(H2,28,29,31). The number of nitrogens with one attached hydrogen (secondary N) is 6. The molecule has 4 aromatic carbocycles. The Morgan fingerprint density at radius 3 is 1.35 bits per heavy atom. The first-order valence-electron chi connectivity index (χ1n) is 18.2. The molecule has 0 atom stereocenters. The number of nitrogens with zero attached hydrogens (tertiary/aromatic N) is 2. The van der Waals surface area contributed by atoms with E-state index in [0.29, 0.717) is 23.3 Å². The van der Waals surface area contributed by atoms with E-state index >= 15 is 0 Å². The van der Waals surface area contributed by atoms with Gasteiger partial charge in [0, 0.05) is 61.8 Å². The van der Waals surface area contributed by atoms with E-state index in [1.807, 2.05) is 0 Å². The van der Waals surface area contributed by atoms with Crippen LogP contribution < -0.4 is 41.4 Å². The van der Waals surface area contributed by atoms with Crippen LogP contribution >= 0.6 is 23.2 Å². The van der Waals surface area contributed by atoms with Crippen LogP contribution in [0.4, 0.5) is 63.1 Å². The minimum Gasteiger partial charge on any atom is -0.457 e. The number of anilines is 4. The summed E-state index contributed by atoms with van der Waals surface area (Å²) < 4.78 is 103. The first kappa shape index (κ1) is 48.4. The van der Waals surface area contributed by atoms with Gasteiger partial charge in [-0.1, -0.05) is 23.2 Å². The first-order valence-corrected chi connectivity index (χ1v) is 19.0. The molecule has 6 rings (SSSR count). The van der Waals surface area contributed by atoms with Crippen molar-refractivity contribution in [2.24, 2.45) is 0 Å². The molecule has 0 aliphatic carbocycles. The SMILES string of the molecule is CNC(=O)c1cc(Oc2ccc(NC(=O)Nc3ccc(Cl)c(C(F)(F)F)c3)c(F)c2)ccn1.CNC(=O)c1cc(Oc2ccc(NC(=O)Nc3ccc(Cl)c(C(F)(F)F)c3)cc2)ccn1. The highest BCUT2D eigenvalue weighted by Gasteiger charge is 2.34. The van der Waals surface area contributed by atoms with E-state index in [-0.39, 0.29) is 45.9 Å². The molecule has 14 nitrogen and oxygen atoms in total. The quantitative estimate of drug-likeness (QED) is 0.0733. The number of rotatable bonds is 10. The summed E-state index contributed by atoms with van der Waals surface area (Å²) in [4.78, 5) is 55.3. The molecule has 2 heterocycles. The van der Waals surface area contributed by atoms with Gasteiger partial charge < -0.3 is 41.4 Å². The first-order chi connectivity index (χ1) is 30.7. The molecule has 338 valence electrons. The van der Waals surface area contributed by atoms with Crippen LogP contribution in [0.3, 0.4) is 0 Å². The monoisotopic (exact) mass is 946 g/mol. The summed E-state index contributed by atoms with van der Waals surface area (Å²) in [5.41, 5.74) is -2.00. The average molecular weight is 948 g/mol. The van der Waals surface area contributed by atoms with Gasteiger partial charge in [-0.25, -0.2) is 14.0 Å². The van der Waals surface area contributed by atoms with E-state index in [1.165, 1.54) is 69.0 Å². The van der Waals surface area contributed by atoms with Gasteiger partial charge >= 0.3 is 24.4 Å². The Bertz CT molecular complexity index is 2710. The zero-order valence-corrected chi connectivity index (χ0v) is 34.7. The third-order valence-corrected chi connectivity index (χ3v) is 8.87. The number of ether oxygens (including phenoxy) is 2. The number of benzene rings is 4. The zero-order chi connectivity index (χ0) is 47.5. The average Bonchev–Trinajstić information content (AvgIpc) is 3.25. The second-order valence-electron chi connectivity index (χ2n) is 12.8. The van der Waals surface area contributed by atoms with Crippen molar-refractivity contribution >= 4 is 69.8 Å². The Labute approximate surface area is 373 Å². The van der Waals surface area contributed by atoms with E-state index in [2.05, 4.69) is 41.9 Å². The smallest absolute Gasteiger partial charge is 0.417 e. The molecule has 0 radical (unpaired) electrons. The van der Waals surface area contributed by atoms with Crippen molar-refractivity contribution in [3.8, 4) is 23.0 Å². The van der Waals surface area contributed by atoms with Gasteiger partial charge in [0.2, 0.25) is 0 Å². The number of carbonyl (C=O) groups is 4. The molecule has 6 aromatic rings. The summed E-state index contributed by atoms with van der Waals surface area (Å²) >= 11 is 11.1. The Morgan fingerprint density at radius 1 is 0.508 bits per heavy atom. The number of hydrogen-bond donors (Lipinski definition) is 6. The van der Waals surface area contributed by atoms with Crippen LogP contribution in [0, 0.1) is 5.82 Å². The van der Waals surface area contributed by atoms with Crippen LogP contribution in [-0.2, 0) is 12.4 Å². The Hall–Kier alpha value is -7.65. The third-order valence-electron chi connectivity index (χ3n) is 8.21. The number of halogens is 9. The summed E-state index contributed by atoms with van der Waals surface area (Å²) in [6, 6.07) is 19.8. The van der Waals surface area contributed by atoms with Crippen molar-refractivity contribution in [1.29, 1.82) is 0 Å². The molecule has 0 aliphatic rings. The molecule has 0 spiro atoms. The van der Waals surface area contributed by atoms with Crippen LogP contribution in [-0.4, -0.2) is 47.9 Å². The minimum atomic E-state index is -4.71. The molecular weight excluding hydrogens is 916 g/mol. The van der Waals surface area contributed by atoms with Crippen molar-refractivity contribution in [2.45, 2.75) is 12.4 Å². The minimum absolute atomic E-state index is 0.0659. The molecule has 65 heavy (non-hydrogen) atoms. The maximum absolute atomic E-state index is 14.4. The molecule has 0 aliphatic heterocycles. The third kappa shape index (κ3) is 13.9. The molecule has 6 N–H and O–H groups in total. The number of alkyl halides is 6. The molecular formula is C42H31Cl2F7N8O6. The lowest BCUT2D eigenvalue weighted by molar-refractivity contribution is -0.138. The highest BCUT2D eigenvalue weighted by molar-refractivity contribution is 6.32. The summed E-state index contributed by atoms with van der Waals surface area (Å²) in [5, 5.41) is 13.1. The van der Waals surface area contributed by atoms with Crippen molar-refractivity contribution in [2.75, 3.05) is 35.4 Å². The number of amides is 6. The van der Waals surface area contributed by atoms with Crippen LogP contribution in [0.1, 0.15) is 32.1 Å². The second-order valence-corrected chi connectivity index (χ2v) is 13.6. The van der Waals surface area contributed by atoms with Gasteiger partial charge in [0.15, 0.2) is 0 Å². The topological polar surface area (TPSA) is 185 Å². The molecule has 0 fully saturated rings. The number of urea groups is 2. The van der Waals surface area contributed by atoms with Crippen LogP contribution in [0.2, 0.25) is 10.0 Å². The molecule has 23 heteroatoms. The molecule has 6 amide bonds. The second kappa shape index (κ2) is 21.1. The van der Waals surface area contributed by atoms with Crippen molar-refractivity contribution in [3.05, 3.63) is 154 Å². The Morgan fingerprint density at radius 2 is 0.908 bits per heavy atom. The van der Waals surface area contributed by atoms with Crippen molar-refractivity contribution in [1.82, 2.24) is 20.6 Å². The summed E-state index contributed by atoms with van der Waals surface area (Å²) in [6.07, 6.45) is -6.57. The van der Waals surface area contributed by atoms with Gasteiger partial charge in [0.1, 0.15) is 40.2 Å². The molecule has 2 aromatic heterocycles. The highest BCUT2D eigenvalue weighted by Crippen LogP contribution is 2.37. The van der Waals surface area contributed by atoms with Crippen molar-refractivity contribution < 1.29 is 59.4 Å². The van der Waals surface area contributed by atoms with E-state index in [9.17, 15) is 49.9 Å². The predicted molar refractivity (Wildman–Crippen MR) is 226 cm³/mol. The van der Waals surface area contributed by atoms with Gasteiger partial charge in [-0.15, -0.1) is 0 Å². The number of aromatic nitrogens is 2. The summed E-state index contributed by atoms with van der Waals surface area (Å²) in [5.74, 6) is -0.540. The largest absolute Gasteiger partial charge is 0.457 e. The highest BCUT2D eigenvalue weighted by atomic mass is 35.5.